The maximum absolute atomic E-state index is 2.42. The molecule has 18 heavy (non-hydrogen) atoms. The molecule has 0 amide bonds. The SMILES string of the molecule is C(=CC1Cc2ccccc21)C1Cc2ccccc21. The molecular weight excluding hydrogens is 216 g/mol. The zero-order chi connectivity index (χ0) is 11.9. The van der Waals surface area contributed by atoms with Gasteiger partial charge in [-0.05, 0) is 35.1 Å². The number of rotatable bonds is 2. The smallest absolute Gasteiger partial charge is 0.00614 e. The zero-order valence-electron chi connectivity index (χ0n) is 10.3. The summed E-state index contributed by atoms with van der Waals surface area (Å²) < 4.78 is 0. The van der Waals surface area contributed by atoms with Crippen molar-refractivity contribution in [2.24, 2.45) is 0 Å². The van der Waals surface area contributed by atoms with Crippen LogP contribution in [0, 0.1) is 0 Å². The number of benzene rings is 2. The fourth-order valence-corrected chi connectivity index (χ4v) is 3.21. The van der Waals surface area contributed by atoms with Crippen molar-refractivity contribution in [3.05, 3.63) is 82.9 Å². The lowest BCUT2D eigenvalue weighted by molar-refractivity contribution is 0.697. The Morgan fingerprint density at radius 2 is 1.11 bits per heavy atom. The van der Waals surface area contributed by atoms with Crippen LogP contribution < -0.4 is 0 Å². The lowest BCUT2D eigenvalue weighted by Crippen LogP contribution is -2.17. The van der Waals surface area contributed by atoms with Gasteiger partial charge < -0.3 is 0 Å². The number of hydrogen-bond acceptors (Lipinski definition) is 0. The van der Waals surface area contributed by atoms with E-state index in [0.29, 0.717) is 11.8 Å². The quantitative estimate of drug-likeness (QED) is 0.680. The largest absolute Gasteiger partial charge is 0.0800 e. The van der Waals surface area contributed by atoms with E-state index in [4.69, 9.17) is 0 Å². The molecule has 0 fully saturated rings. The lowest BCUT2D eigenvalue weighted by Gasteiger charge is -2.30. The summed E-state index contributed by atoms with van der Waals surface area (Å²) in [4.78, 5) is 0. The van der Waals surface area contributed by atoms with E-state index in [1.54, 1.807) is 0 Å². The number of fused-ring (bicyclic) bond motifs is 2. The van der Waals surface area contributed by atoms with Gasteiger partial charge >= 0.3 is 0 Å². The highest BCUT2D eigenvalue weighted by molar-refractivity contribution is 5.46. The fourth-order valence-electron chi connectivity index (χ4n) is 3.21. The maximum atomic E-state index is 2.42. The summed E-state index contributed by atoms with van der Waals surface area (Å²) in [5.74, 6) is 1.32. The maximum Gasteiger partial charge on any atom is 0.00614 e. The summed E-state index contributed by atoms with van der Waals surface area (Å²) in [5.41, 5.74) is 6.12. The van der Waals surface area contributed by atoms with Crippen molar-refractivity contribution in [2.75, 3.05) is 0 Å². The molecule has 0 aromatic heterocycles. The molecule has 2 unspecified atom stereocenters. The van der Waals surface area contributed by atoms with Crippen LogP contribution in [0.4, 0.5) is 0 Å². The van der Waals surface area contributed by atoms with Crippen LogP contribution in [0.2, 0.25) is 0 Å². The van der Waals surface area contributed by atoms with Gasteiger partial charge in [-0.1, -0.05) is 60.7 Å². The van der Waals surface area contributed by atoms with Crippen LogP contribution in [0.5, 0.6) is 0 Å². The highest BCUT2D eigenvalue weighted by atomic mass is 14.3. The van der Waals surface area contributed by atoms with Gasteiger partial charge in [0.2, 0.25) is 0 Å². The van der Waals surface area contributed by atoms with Crippen LogP contribution >= 0.6 is 0 Å². The van der Waals surface area contributed by atoms with E-state index in [1.807, 2.05) is 0 Å². The lowest BCUT2D eigenvalue weighted by atomic mass is 9.74. The van der Waals surface area contributed by atoms with Gasteiger partial charge in [0.25, 0.3) is 0 Å². The minimum Gasteiger partial charge on any atom is -0.0800 e. The van der Waals surface area contributed by atoms with Crippen molar-refractivity contribution in [1.29, 1.82) is 0 Å². The first-order valence-electron chi connectivity index (χ1n) is 6.76. The second-order valence-corrected chi connectivity index (χ2v) is 5.40. The van der Waals surface area contributed by atoms with Crippen LogP contribution in [-0.4, -0.2) is 0 Å². The third-order valence-electron chi connectivity index (χ3n) is 4.36. The molecule has 0 aliphatic heterocycles. The Hall–Kier alpha value is -1.82. The molecule has 0 nitrogen and oxygen atoms in total. The summed E-state index contributed by atoms with van der Waals surface area (Å²) in [6.45, 7) is 0. The molecule has 2 aromatic carbocycles. The summed E-state index contributed by atoms with van der Waals surface area (Å²) in [7, 11) is 0. The minimum absolute atomic E-state index is 0.661. The fraction of sp³-hybridized carbons (Fsp3) is 0.222. The molecule has 2 aliphatic carbocycles. The van der Waals surface area contributed by atoms with Crippen molar-refractivity contribution >= 4 is 0 Å². The Labute approximate surface area is 108 Å². The van der Waals surface area contributed by atoms with Crippen molar-refractivity contribution in [2.45, 2.75) is 24.7 Å². The van der Waals surface area contributed by atoms with Gasteiger partial charge in [0.1, 0.15) is 0 Å². The molecule has 4 rings (SSSR count). The molecule has 0 spiro atoms. The standard InChI is InChI=1S/C18H16/c1-3-7-17-13(5-1)11-15(17)9-10-16-12-14-6-2-4-8-18(14)16/h1-10,15-16H,11-12H2. The summed E-state index contributed by atoms with van der Waals surface area (Å²) in [5, 5.41) is 0. The second kappa shape index (κ2) is 3.84. The molecule has 2 atom stereocenters. The van der Waals surface area contributed by atoms with E-state index in [-0.39, 0.29) is 0 Å². The van der Waals surface area contributed by atoms with Crippen LogP contribution in [0.15, 0.2) is 60.7 Å². The van der Waals surface area contributed by atoms with E-state index < -0.39 is 0 Å². The van der Waals surface area contributed by atoms with Gasteiger partial charge in [-0.3, -0.25) is 0 Å². The van der Waals surface area contributed by atoms with E-state index in [2.05, 4.69) is 60.7 Å². The van der Waals surface area contributed by atoms with Crippen LogP contribution in [0.25, 0.3) is 0 Å². The molecule has 0 heterocycles. The van der Waals surface area contributed by atoms with Crippen LogP contribution in [0.1, 0.15) is 34.1 Å². The number of hydrogen-bond donors (Lipinski definition) is 0. The Bertz CT molecular complexity index is 566. The van der Waals surface area contributed by atoms with E-state index >= 15 is 0 Å². The topological polar surface area (TPSA) is 0 Å². The number of allylic oxidation sites excluding steroid dienone is 2. The normalized spacial score (nSPS) is 24.0. The Balaban J connectivity index is 1.51. The average Bonchev–Trinajstić information content (AvgIpc) is 2.35. The van der Waals surface area contributed by atoms with Crippen molar-refractivity contribution in [3.8, 4) is 0 Å². The summed E-state index contributed by atoms with van der Waals surface area (Å²) >= 11 is 0. The zero-order valence-corrected chi connectivity index (χ0v) is 10.3. The van der Waals surface area contributed by atoms with Crippen molar-refractivity contribution in [3.63, 3.8) is 0 Å². The highest BCUT2D eigenvalue weighted by Crippen LogP contribution is 2.39. The van der Waals surface area contributed by atoms with E-state index in [0.717, 1.165) is 0 Å². The summed E-state index contributed by atoms with van der Waals surface area (Å²) in [6.07, 6.45) is 7.29. The van der Waals surface area contributed by atoms with E-state index in [1.165, 1.54) is 35.1 Å². The van der Waals surface area contributed by atoms with Gasteiger partial charge in [0, 0.05) is 11.8 Å². The predicted octanol–water partition coefficient (Wildman–Crippen LogP) is 4.22. The molecule has 2 aromatic rings. The molecule has 0 saturated heterocycles. The predicted molar refractivity (Wildman–Crippen MR) is 74.9 cm³/mol. The second-order valence-electron chi connectivity index (χ2n) is 5.40. The molecular formula is C18H16. The molecule has 0 heteroatoms. The monoisotopic (exact) mass is 232 g/mol. The van der Waals surface area contributed by atoms with Crippen LogP contribution in [0.3, 0.4) is 0 Å². The van der Waals surface area contributed by atoms with Crippen LogP contribution in [-0.2, 0) is 12.8 Å². The van der Waals surface area contributed by atoms with Crippen molar-refractivity contribution < 1.29 is 0 Å². The minimum atomic E-state index is 0.661. The first-order valence-corrected chi connectivity index (χ1v) is 6.76. The van der Waals surface area contributed by atoms with Gasteiger partial charge in [0.15, 0.2) is 0 Å². The van der Waals surface area contributed by atoms with Gasteiger partial charge in [-0.15, -0.1) is 0 Å². The first kappa shape index (κ1) is 10.1. The van der Waals surface area contributed by atoms with Gasteiger partial charge in [-0.25, -0.2) is 0 Å². The van der Waals surface area contributed by atoms with E-state index in [9.17, 15) is 0 Å². The Morgan fingerprint density at radius 3 is 1.56 bits per heavy atom. The molecule has 0 N–H and O–H groups in total. The van der Waals surface area contributed by atoms with Gasteiger partial charge in [0.05, 0.1) is 0 Å². The highest BCUT2D eigenvalue weighted by Gasteiger charge is 2.26. The Morgan fingerprint density at radius 1 is 0.667 bits per heavy atom. The molecule has 2 aliphatic rings. The summed E-state index contributed by atoms with van der Waals surface area (Å²) in [6, 6.07) is 17.6. The van der Waals surface area contributed by atoms with Gasteiger partial charge in [-0.2, -0.15) is 0 Å². The molecule has 88 valence electrons. The molecule has 0 radical (unpaired) electrons. The third-order valence-corrected chi connectivity index (χ3v) is 4.36. The third kappa shape index (κ3) is 1.45. The Kier molecular flexibility index (Phi) is 2.16. The first-order chi connectivity index (χ1) is 8.92. The molecule has 0 saturated carbocycles. The van der Waals surface area contributed by atoms with Crippen molar-refractivity contribution in [1.82, 2.24) is 0 Å². The average molecular weight is 232 g/mol. The molecule has 0 bridgehead atoms.